The van der Waals surface area contributed by atoms with Gasteiger partial charge in [0.2, 0.25) is 0 Å². The summed E-state index contributed by atoms with van der Waals surface area (Å²) in [5.41, 5.74) is 5.49. The predicted octanol–water partition coefficient (Wildman–Crippen LogP) is 0.865. The third-order valence-corrected chi connectivity index (χ3v) is 2.60. The van der Waals surface area contributed by atoms with Crippen LogP contribution in [0.1, 0.15) is 25.7 Å². The van der Waals surface area contributed by atoms with Gasteiger partial charge in [0.1, 0.15) is 0 Å². The van der Waals surface area contributed by atoms with Crippen LogP contribution in [0.5, 0.6) is 0 Å². The third kappa shape index (κ3) is 11.8. The summed E-state index contributed by atoms with van der Waals surface area (Å²) in [6.07, 6.45) is 1.47. The van der Waals surface area contributed by atoms with E-state index in [9.17, 15) is 0 Å². The fourth-order valence-electron chi connectivity index (χ4n) is 1.47. The molecule has 0 aromatic carbocycles. The fourth-order valence-corrected chi connectivity index (χ4v) is 1.47. The summed E-state index contributed by atoms with van der Waals surface area (Å²) in [7, 11) is 0. The van der Waals surface area contributed by atoms with Gasteiger partial charge in [0.05, 0.1) is 76.0 Å². The highest BCUT2D eigenvalue weighted by atomic mass is 16.5. The minimum Gasteiger partial charge on any atom is -0.380 e. The summed E-state index contributed by atoms with van der Waals surface area (Å²) in [5.74, 6) is 0. The molecule has 0 heterocycles. The molecule has 116 valence electrons. The lowest BCUT2D eigenvalue weighted by Crippen LogP contribution is -2.50. The maximum absolute atomic E-state index is 8.46. The molecule has 0 atom stereocenters. The van der Waals surface area contributed by atoms with E-state index >= 15 is 0 Å². The predicted molar refractivity (Wildman–Crippen MR) is 74.7 cm³/mol. The number of nitrogens with two attached hydrogens (primary N) is 1. The zero-order chi connectivity index (χ0) is 15.8. The van der Waals surface area contributed by atoms with Crippen LogP contribution >= 0.6 is 0 Å². The summed E-state index contributed by atoms with van der Waals surface area (Å²) in [6, 6.07) is 5.98. The molecule has 0 amide bonds. The van der Waals surface area contributed by atoms with E-state index in [0.29, 0.717) is 52.1 Å². The topological polar surface area (TPSA) is 125 Å². The molecular weight excluding hydrogens is 272 g/mol. The van der Waals surface area contributed by atoms with Crippen LogP contribution in [0.4, 0.5) is 0 Å². The van der Waals surface area contributed by atoms with Gasteiger partial charge in [0.15, 0.2) is 0 Å². The van der Waals surface area contributed by atoms with Gasteiger partial charge in [-0.25, -0.2) is 0 Å². The largest absolute Gasteiger partial charge is 0.380 e. The summed E-state index contributed by atoms with van der Waals surface area (Å²) >= 11 is 0. The van der Waals surface area contributed by atoms with Gasteiger partial charge < -0.3 is 19.9 Å². The van der Waals surface area contributed by atoms with Crippen molar-refractivity contribution in [1.82, 2.24) is 0 Å². The Morgan fingerprint density at radius 2 is 1.14 bits per heavy atom. The summed E-state index contributed by atoms with van der Waals surface area (Å²) in [6.45, 7) is 1.93. The van der Waals surface area contributed by atoms with E-state index in [1.54, 1.807) is 0 Å². The van der Waals surface area contributed by atoms with Crippen molar-refractivity contribution in [2.24, 2.45) is 5.73 Å². The van der Waals surface area contributed by atoms with Gasteiger partial charge in [-0.05, 0) is 6.42 Å². The molecule has 0 fully saturated rings. The average Bonchev–Trinajstić information content (AvgIpc) is 2.48. The molecule has 0 saturated heterocycles. The summed E-state index contributed by atoms with van der Waals surface area (Å²) in [5, 5.41) is 25.3. The second-order valence-electron chi connectivity index (χ2n) is 4.55. The third-order valence-electron chi connectivity index (χ3n) is 2.60. The van der Waals surface area contributed by atoms with E-state index < -0.39 is 5.54 Å². The zero-order valence-corrected chi connectivity index (χ0v) is 12.2. The lowest BCUT2D eigenvalue weighted by molar-refractivity contribution is 0.00734. The van der Waals surface area contributed by atoms with Gasteiger partial charge in [0.25, 0.3) is 0 Å². The van der Waals surface area contributed by atoms with Gasteiger partial charge in [-0.2, -0.15) is 15.8 Å². The number of hydrogen-bond donors (Lipinski definition) is 1. The molecule has 2 N–H and O–H groups in total. The number of hydrogen-bond acceptors (Lipinski definition) is 7. The Morgan fingerprint density at radius 1 is 0.714 bits per heavy atom. The maximum Gasteiger partial charge on any atom is 0.0670 e. The second kappa shape index (κ2) is 13.3. The van der Waals surface area contributed by atoms with Crippen LogP contribution in [0, 0.1) is 34.0 Å². The minimum absolute atomic E-state index is 0.253. The normalized spacial score (nSPS) is 10.6. The van der Waals surface area contributed by atoms with Gasteiger partial charge in [-0.15, -0.1) is 0 Å². The van der Waals surface area contributed by atoms with Gasteiger partial charge >= 0.3 is 0 Å². The lowest BCUT2D eigenvalue weighted by Gasteiger charge is -2.28. The van der Waals surface area contributed by atoms with Crippen molar-refractivity contribution in [1.29, 1.82) is 15.8 Å². The Hall–Kier alpha value is -1.69. The van der Waals surface area contributed by atoms with E-state index in [0.717, 1.165) is 0 Å². The molecule has 0 radical (unpaired) electrons. The molecule has 0 spiro atoms. The average molecular weight is 294 g/mol. The monoisotopic (exact) mass is 294 g/mol. The van der Waals surface area contributed by atoms with Crippen molar-refractivity contribution < 1.29 is 14.2 Å². The standard InChI is InChI=1S/C14H22N4O3/c15-5-1-8-19-11-4-14(18,12-20-9-2-6-16)13-21-10-3-7-17/h1-4,8-13,18H2. The van der Waals surface area contributed by atoms with Crippen molar-refractivity contribution in [3.05, 3.63) is 0 Å². The maximum atomic E-state index is 8.46. The molecule has 7 nitrogen and oxygen atoms in total. The van der Waals surface area contributed by atoms with E-state index in [2.05, 4.69) is 0 Å². The first-order valence-electron chi connectivity index (χ1n) is 6.81. The molecule has 0 rings (SSSR count). The number of nitrogens with zero attached hydrogens (tertiary/aromatic N) is 3. The number of ether oxygens (including phenoxy) is 3. The van der Waals surface area contributed by atoms with Gasteiger partial charge in [-0.3, -0.25) is 0 Å². The Morgan fingerprint density at radius 3 is 1.57 bits per heavy atom. The van der Waals surface area contributed by atoms with Gasteiger partial charge in [-0.1, -0.05) is 0 Å². The van der Waals surface area contributed by atoms with Crippen molar-refractivity contribution in [2.45, 2.75) is 31.2 Å². The van der Waals surface area contributed by atoms with Crippen LogP contribution in [0.25, 0.3) is 0 Å². The Kier molecular flexibility index (Phi) is 12.2. The minimum atomic E-state index is -0.725. The van der Waals surface area contributed by atoms with Crippen LogP contribution in [0.15, 0.2) is 0 Å². The number of rotatable bonds is 13. The van der Waals surface area contributed by atoms with Crippen LogP contribution in [-0.4, -0.2) is 45.2 Å². The molecule has 0 aliphatic heterocycles. The molecule has 0 aromatic rings. The summed E-state index contributed by atoms with van der Waals surface area (Å²) < 4.78 is 16.1. The second-order valence-corrected chi connectivity index (χ2v) is 4.55. The van der Waals surface area contributed by atoms with E-state index in [1.165, 1.54) is 0 Å². The highest BCUT2D eigenvalue weighted by Crippen LogP contribution is 2.10. The molecule has 21 heavy (non-hydrogen) atoms. The van der Waals surface area contributed by atoms with Crippen LogP contribution < -0.4 is 5.73 Å². The van der Waals surface area contributed by atoms with Gasteiger partial charge in [0, 0.05) is 6.61 Å². The van der Waals surface area contributed by atoms with Crippen molar-refractivity contribution >= 4 is 0 Å². The highest BCUT2D eigenvalue weighted by Gasteiger charge is 2.25. The van der Waals surface area contributed by atoms with E-state index in [4.69, 9.17) is 35.7 Å². The van der Waals surface area contributed by atoms with Crippen LogP contribution in [0.2, 0.25) is 0 Å². The van der Waals surface area contributed by atoms with Crippen LogP contribution in [0.3, 0.4) is 0 Å². The van der Waals surface area contributed by atoms with Crippen molar-refractivity contribution in [3.63, 3.8) is 0 Å². The lowest BCUT2D eigenvalue weighted by atomic mass is 9.99. The molecule has 0 aliphatic carbocycles. The Balaban J connectivity index is 4.08. The molecule has 0 saturated carbocycles. The summed E-state index contributed by atoms with van der Waals surface area (Å²) in [4.78, 5) is 0. The molecule has 0 unspecified atom stereocenters. The smallest absolute Gasteiger partial charge is 0.0670 e. The molecule has 0 aromatic heterocycles. The molecule has 7 heteroatoms. The first-order chi connectivity index (χ1) is 10.2. The van der Waals surface area contributed by atoms with Crippen molar-refractivity contribution in [2.75, 3.05) is 39.6 Å². The molecule has 0 aliphatic rings. The first-order valence-corrected chi connectivity index (χ1v) is 6.81. The quantitative estimate of drug-likeness (QED) is 0.499. The zero-order valence-electron chi connectivity index (χ0n) is 12.2. The number of nitriles is 3. The van der Waals surface area contributed by atoms with E-state index in [-0.39, 0.29) is 13.2 Å². The van der Waals surface area contributed by atoms with E-state index in [1.807, 2.05) is 18.2 Å². The SMILES string of the molecule is N#CCCOCCC(N)(COCCC#N)COCCC#N. The molecular formula is C14H22N4O3. The molecule has 0 bridgehead atoms. The highest BCUT2D eigenvalue weighted by molar-refractivity contribution is 4.84. The van der Waals surface area contributed by atoms with Crippen LogP contribution in [-0.2, 0) is 14.2 Å². The Bertz CT molecular complexity index is 359. The first kappa shape index (κ1) is 19.3. The van der Waals surface area contributed by atoms with Crippen molar-refractivity contribution in [3.8, 4) is 18.2 Å². The fraction of sp³-hybridized carbons (Fsp3) is 0.786. The Labute approximate surface area is 125 Å².